The van der Waals surface area contributed by atoms with Crippen molar-refractivity contribution in [2.75, 3.05) is 19.6 Å². The molecule has 1 amide bonds. The van der Waals surface area contributed by atoms with Gasteiger partial charge in [0, 0.05) is 19.6 Å². The van der Waals surface area contributed by atoms with Gasteiger partial charge in [-0.3, -0.25) is 9.79 Å². The van der Waals surface area contributed by atoms with Gasteiger partial charge in [0.2, 0.25) is 0 Å². The largest absolute Gasteiger partial charge is 0.313 e. The minimum atomic E-state index is -0.476. The number of carbonyl (C=O) groups excluding carboxylic acids is 1. The number of amides is 1. The molecule has 21 heavy (non-hydrogen) atoms. The summed E-state index contributed by atoms with van der Waals surface area (Å²) in [7, 11) is 0. The summed E-state index contributed by atoms with van der Waals surface area (Å²) < 4.78 is 0. The number of nitrogens with zero attached hydrogens (tertiary/aromatic N) is 2. The van der Waals surface area contributed by atoms with Crippen LogP contribution in [0, 0.1) is 0 Å². The lowest BCUT2D eigenvalue weighted by Crippen LogP contribution is -2.49. The van der Waals surface area contributed by atoms with Gasteiger partial charge in [0.25, 0.3) is 5.91 Å². The van der Waals surface area contributed by atoms with E-state index in [1.165, 1.54) is 5.56 Å². The number of benzene rings is 1. The maximum atomic E-state index is 12.1. The molecule has 1 aromatic rings. The molecule has 4 heteroatoms. The second kappa shape index (κ2) is 5.60. The summed E-state index contributed by atoms with van der Waals surface area (Å²) in [6, 6.07) is 10.6. The first-order chi connectivity index (χ1) is 10.1. The topological polar surface area (TPSA) is 44.7 Å². The number of piperidine rings is 1. The fraction of sp³-hybridized carbons (Fsp3) is 0.529. The molecule has 0 aromatic heterocycles. The van der Waals surface area contributed by atoms with Gasteiger partial charge in [-0.15, -0.1) is 0 Å². The summed E-state index contributed by atoms with van der Waals surface area (Å²) in [5.74, 6) is 1.38. The maximum absolute atomic E-state index is 12.1. The van der Waals surface area contributed by atoms with E-state index < -0.39 is 5.54 Å². The number of hydrogen-bond acceptors (Lipinski definition) is 3. The van der Waals surface area contributed by atoms with Crippen molar-refractivity contribution in [1.82, 2.24) is 10.2 Å². The zero-order chi connectivity index (χ0) is 14.9. The van der Waals surface area contributed by atoms with E-state index in [2.05, 4.69) is 52.5 Å². The Balaban J connectivity index is 1.58. The van der Waals surface area contributed by atoms with E-state index in [0.29, 0.717) is 5.92 Å². The Morgan fingerprint density at radius 2 is 1.95 bits per heavy atom. The number of aliphatic imine (C=N–C) groups is 1. The Bertz CT molecular complexity index is 544. The van der Waals surface area contributed by atoms with Crippen LogP contribution in [0.25, 0.3) is 0 Å². The van der Waals surface area contributed by atoms with E-state index in [0.717, 1.165) is 38.3 Å². The molecule has 1 fully saturated rings. The van der Waals surface area contributed by atoms with Crippen molar-refractivity contribution in [2.24, 2.45) is 4.99 Å². The molecule has 1 atom stereocenters. The van der Waals surface area contributed by atoms with Crippen molar-refractivity contribution >= 4 is 11.7 Å². The minimum absolute atomic E-state index is 0.0933. The third-order valence-corrected chi connectivity index (χ3v) is 4.68. The Hall–Kier alpha value is -1.68. The average Bonchev–Trinajstić information content (AvgIpc) is 2.76. The molecule has 2 aliphatic heterocycles. The van der Waals surface area contributed by atoms with Crippen LogP contribution >= 0.6 is 0 Å². The van der Waals surface area contributed by atoms with Crippen LogP contribution < -0.4 is 5.32 Å². The first-order valence-electron chi connectivity index (χ1n) is 7.74. The molecule has 2 heterocycles. The number of hydrogen-bond donors (Lipinski definition) is 1. The van der Waals surface area contributed by atoms with Crippen molar-refractivity contribution in [2.45, 2.75) is 38.1 Å². The molecule has 1 N–H and O–H groups in total. The van der Waals surface area contributed by atoms with Gasteiger partial charge in [-0.1, -0.05) is 37.3 Å². The molecule has 0 radical (unpaired) electrons. The predicted octanol–water partition coefficient (Wildman–Crippen LogP) is 2.17. The smallest absolute Gasteiger partial charge is 0.253 e. The van der Waals surface area contributed by atoms with Gasteiger partial charge >= 0.3 is 0 Å². The lowest BCUT2D eigenvalue weighted by atomic mass is 9.87. The zero-order valence-corrected chi connectivity index (χ0v) is 12.8. The maximum Gasteiger partial charge on any atom is 0.253 e. The van der Waals surface area contributed by atoms with Crippen molar-refractivity contribution in [1.29, 1.82) is 0 Å². The highest BCUT2D eigenvalue weighted by molar-refractivity contribution is 6.07. The van der Waals surface area contributed by atoms with E-state index in [1.807, 2.05) is 6.92 Å². The standard InChI is InChI=1S/C17H23N3O/c1-13(15-6-4-3-5-7-15)12-20-10-8-17(9-11-20)16(21)18-14(2)19-17/h3-7,13H,8-12H2,1-2H3,(H,18,19,21). The minimum Gasteiger partial charge on any atom is -0.313 e. The van der Waals surface area contributed by atoms with E-state index in [1.54, 1.807) is 0 Å². The highest BCUT2D eigenvalue weighted by atomic mass is 16.2. The van der Waals surface area contributed by atoms with E-state index in [-0.39, 0.29) is 5.91 Å². The van der Waals surface area contributed by atoms with Crippen LogP contribution in [0.2, 0.25) is 0 Å². The summed E-state index contributed by atoms with van der Waals surface area (Å²) in [6.07, 6.45) is 1.66. The molecule has 1 unspecified atom stereocenters. The molecular formula is C17H23N3O. The summed E-state index contributed by atoms with van der Waals surface area (Å²) >= 11 is 0. The van der Waals surface area contributed by atoms with Crippen LogP contribution in [-0.2, 0) is 4.79 Å². The molecule has 4 nitrogen and oxygen atoms in total. The SMILES string of the molecule is CC1=NC2(CCN(CC(C)c3ccccc3)CC2)C(=O)N1. The van der Waals surface area contributed by atoms with E-state index >= 15 is 0 Å². The van der Waals surface area contributed by atoms with Crippen LogP contribution in [0.5, 0.6) is 0 Å². The second-order valence-electron chi connectivity index (χ2n) is 6.30. The Morgan fingerprint density at radius 3 is 2.52 bits per heavy atom. The monoisotopic (exact) mass is 285 g/mol. The molecule has 112 valence electrons. The Morgan fingerprint density at radius 1 is 1.29 bits per heavy atom. The Kier molecular flexibility index (Phi) is 3.81. The predicted molar refractivity (Wildman–Crippen MR) is 84.5 cm³/mol. The first-order valence-corrected chi connectivity index (χ1v) is 7.74. The molecule has 1 spiro atoms. The van der Waals surface area contributed by atoms with Crippen LogP contribution in [0.1, 0.15) is 38.2 Å². The van der Waals surface area contributed by atoms with Crippen LogP contribution in [0.3, 0.4) is 0 Å². The van der Waals surface area contributed by atoms with Gasteiger partial charge in [0.15, 0.2) is 0 Å². The number of likely N-dealkylation sites (tertiary alicyclic amines) is 1. The molecule has 1 saturated heterocycles. The van der Waals surface area contributed by atoms with Gasteiger partial charge in [-0.05, 0) is 31.2 Å². The normalized spacial score (nSPS) is 23.0. The van der Waals surface area contributed by atoms with Crippen molar-refractivity contribution in [3.63, 3.8) is 0 Å². The lowest BCUT2D eigenvalue weighted by Gasteiger charge is -2.36. The van der Waals surface area contributed by atoms with Crippen LogP contribution in [-0.4, -0.2) is 41.8 Å². The number of carbonyl (C=O) groups is 1. The summed E-state index contributed by atoms with van der Waals surface area (Å²) in [4.78, 5) is 19.1. The molecule has 1 aromatic carbocycles. The lowest BCUT2D eigenvalue weighted by molar-refractivity contribution is -0.125. The first kappa shape index (κ1) is 14.3. The van der Waals surface area contributed by atoms with Crippen LogP contribution in [0.15, 0.2) is 35.3 Å². The summed E-state index contributed by atoms with van der Waals surface area (Å²) in [5.41, 5.74) is 0.904. The van der Waals surface area contributed by atoms with Crippen molar-refractivity contribution < 1.29 is 4.79 Å². The third kappa shape index (κ3) is 2.86. The van der Waals surface area contributed by atoms with Gasteiger partial charge in [0.1, 0.15) is 11.4 Å². The molecule has 3 rings (SSSR count). The third-order valence-electron chi connectivity index (χ3n) is 4.68. The Labute approximate surface area is 126 Å². The second-order valence-corrected chi connectivity index (χ2v) is 6.30. The fourth-order valence-corrected chi connectivity index (χ4v) is 3.40. The zero-order valence-electron chi connectivity index (χ0n) is 12.8. The molecule has 2 aliphatic rings. The van der Waals surface area contributed by atoms with Gasteiger partial charge in [-0.25, -0.2) is 0 Å². The quantitative estimate of drug-likeness (QED) is 0.925. The number of amidine groups is 1. The molecule has 0 aliphatic carbocycles. The summed E-state index contributed by atoms with van der Waals surface area (Å²) in [6.45, 7) is 7.08. The van der Waals surface area contributed by atoms with Gasteiger partial charge < -0.3 is 10.2 Å². The molecule has 0 saturated carbocycles. The van der Waals surface area contributed by atoms with Crippen molar-refractivity contribution in [3.05, 3.63) is 35.9 Å². The van der Waals surface area contributed by atoms with E-state index in [4.69, 9.17) is 0 Å². The van der Waals surface area contributed by atoms with Gasteiger partial charge in [-0.2, -0.15) is 0 Å². The molecular weight excluding hydrogens is 262 g/mol. The fourth-order valence-electron chi connectivity index (χ4n) is 3.40. The highest BCUT2D eigenvalue weighted by Gasteiger charge is 2.44. The van der Waals surface area contributed by atoms with Gasteiger partial charge in [0.05, 0.1) is 0 Å². The van der Waals surface area contributed by atoms with Crippen LogP contribution in [0.4, 0.5) is 0 Å². The van der Waals surface area contributed by atoms with Crippen molar-refractivity contribution in [3.8, 4) is 0 Å². The highest BCUT2D eigenvalue weighted by Crippen LogP contribution is 2.30. The number of nitrogens with one attached hydrogen (secondary N) is 1. The summed E-state index contributed by atoms with van der Waals surface area (Å²) in [5, 5.41) is 2.85. The number of rotatable bonds is 3. The molecule has 0 bridgehead atoms. The van der Waals surface area contributed by atoms with E-state index in [9.17, 15) is 4.79 Å². The average molecular weight is 285 g/mol.